The summed E-state index contributed by atoms with van der Waals surface area (Å²) in [6, 6.07) is 16.0. The Kier molecular flexibility index (Phi) is 10.3. The van der Waals surface area contributed by atoms with Gasteiger partial charge in [0.15, 0.2) is 5.84 Å². The monoisotopic (exact) mass is 572 g/mol. The highest BCUT2D eigenvalue weighted by molar-refractivity contribution is 8.26. The van der Waals surface area contributed by atoms with E-state index in [0.717, 1.165) is 34.9 Å². The lowest BCUT2D eigenvalue weighted by atomic mass is 9.84. The summed E-state index contributed by atoms with van der Waals surface area (Å²) < 4.78 is 11.7. The summed E-state index contributed by atoms with van der Waals surface area (Å²) in [7, 11) is 0. The number of aliphatic imine (C=N–C) groups is 1. The number of nitrogens with zero attached hydrogens (tertiary/aromatic N) is 3. The number of thioether (sulfide) groups is 1. The summed E-state index contributed by atoms with van der Waals surface area (Å²) >= 11 is 1.40. The van der Waals surface area contributed by atoms with E-state index < -0.39 is 5.91 Å². The molecule has 2 heterocycles. The molecular formula is C33H40N4O3S. The van der Waals surface area contributed by atoms with Gasteiger partial charge >= 0.3 is 0 Å². The second-order valence-corrected chi connectivity index (χ2v) is 11.9. The standard InChI is InChI=1S/C33H40N4O3S/c1-2-3-4-5-9-12-30-36-37-31(34)29(32(38)35-33(37)41-30)23-24-13-17-27(18-14-24)39-21-22-40-28-19-15-26(16-20-28)25-10-7-6-8-11-25/h13-20,23,25,34H,2-12,21-22H2,1H3/b29-23+,34-31?. The smallest absolute Gasteiger partial charge is 0.283 e. The number of amidine groups is 2. The van der Waals surface area contributed by atoms with Gasteiger partial charge in [-0.25, -0.2) is 0 Å². The number of fused-ring (bicyclic) bond motifs is 1. The van der Waals surface area contributed by atoms with Gasteiger partial charge in [-0.3, -0.25) is 10.2 Å². The summed E-state index contributed by atoms with van der Waals surface area (Å²) in [5.41, 5.74) is 2.45. The van der Waals surface area contributed by atoms with E-state index in [1.165, 1.54) is 80.1 Å². The molecule has 2 aliphatic heterocycles. The molecule has 0 bridgehead atoms. The maximum atomic E-state index is 12.7. The Balaban J connectivity index is 1.09. The van der Waals surface area contributed by atoms with Gasteiger partial charge in [-0.2, -0.15) is 15.1 Å². The number of hydrogen-bond acceptors (Lipinski definition) is 6. The van der Waals surface area contributed by atoms with Crippen LogP contribution >= 0.6 is 11.8 Å². The number of nitrogens with one attached hydrogen (secondary N) is 1. The molecule has 1 amide bonds. The first kappa shape index (κ1) is 29.1. The second kappa shape index (κ2) is 14.5. The molecule has 0 aromatic heterocycles. The molecule has 2 aromatic rings. The number of rotatable bonds is 13. The number of ether oxygens (including phenoxy) is 2. The number of unbranched alkanes of at least 4 members (excludes halogenated alkanes) is 4. The van der Waals surface area contributed by atoms with Crippen LogP contribution in [0.2, 0.25) is 0 Å². The summed E-state index contributed by atoms with van der Waals surface area (Å²) in [5.74, 6) is 1.94. The first-order chi connectivity index (χ1) is 20.1. The van der Waals surface area contributed by atoms with Crippen molar-refractivity contribution in [2.75, 3.05) is 13.2 Å². The first-order valence-corrected chi connectivity index (χ1v) is 15.9. The highest BCUT2D eigenvalue weighted by Crippen LogP contribution is 2.33. The van der Waals surface area contributed by atoms with Gasteiger partial charge in [0.05, 0.1) is 5.57 Å². The number of carbonyl (C=O) groups excluding carboxylic acids is 1. The number of hydrazone groups is 1. The molecule has 0 saturated heterocycles. The minimum Gasteiger partial charge on any atom is -0.490 e. The third-order valence-electron chi connectivity index (χ3n) is 7.76. The van der Waals surface area contributed by atoms with Gasteiger partial charge in [-0.05, 0) is 84.8 Å². The molecule has 41 heavy (non-hydrogen) atoms. The molecule has 1 aliphatic carbocycles. The average Bonchev–Trinajstić information content (AvgIpc) is 3.41. The lowest BCUT2D eigenvalue weighted by Gasteiger charge is -2.22. The van der Waals surface area contributed by atoms with Gasteiger partial charge in [0.25, 0.3) is 5.91 Å². The Morgan fingerprint density at radius 1 is 0.927 bits per heavy atom. The Hall–Kier alpha value is -3.39. The molecule has 5 rings (SSSR count). The van der Waals surface area contributed by atoms with E-state index >= 15 is 0 Å². The topological polar surface area (TPSA) is 87.3 Å². The summed E-state index contributed by atoms with van der Waals surface area (Å²) in [6.45, 7) is 3.09. The Morgan fingerprint density at radius 3 is 2.27 bits per heavy atom. The zero-order valence-electron chi connectivity index (χ0n) is 23.9. The minimum atomic E-state index is -0.405. The normalized spacial score (nSPS) is 18.4. The fourth-order valence-electron chi connectivity index (χ4n) is 5.43. The van der Waals surface area contributed by atoms with E-state index in [1.807, 2.05) is 24.3 Å². The minimum absolute atomic E-state index is 0.0673. The zero-order chi connectivity index (χ0) is 28.4. The van der Waals surface area contributed by atoms with E-state index in [4.69, 9.17) is 14.9 Å². The number of benzene rings is 2. The van der Waals surface area contributed by atoms with Crippen molar-refractivity contribution in [2.24, 2.45) is 10.1 Å². The van der Waals surface area contributed by atoms with Gasteiger partial charge in [0.1, 0.15) is 29.8 Å². The van der Waals surface area contributed by atoms with Crippen molar-refractivity contribution in [1.29, 1.82) is 5.41 Å². The van der Waals surface area contributed by atoms with Gasteiger partial charge in [0.2, 0.25) is 5.17 Å². The largest absolute Gasteiger partial charge is 0.490 e. The molecule has 216 valence electrons. The SMILES string of the molecule is CCCCCCCC1=NN2C(=N)/C(=C\c3ccc(OCCOc4ccc(C5CCCCC5)cc4)cc3)C(=O)N=C2S1. The van der Waals surface area contributed by atoms with Crippen LogP contribution in [0.5, 0.6) is 11.5 Å². The molecule has 3 aliphatic rings. The van der Waals surface area contributed by atoms with Gasteiger partial charge in [-0.1, -0.05) is 76.1 Å². The van der Waals surface area contributed by atoms with Gasteiger partial charge in [0, 0.05) is 0 Å². The number of hydrogen-bond donors (Lipinski definition) is 1. The third kappa shape index (κ3) is 7.88. The lowest BCUT2D eigenvalue weighted by molar-refractivity contribution is -0.114. The van der Waals surface area contributed by atoms with Crippen LogP contribution in [0.1, 0.15) is 94.6 Å². The van der Waals surface area contributed by atoms with Gasteiger partial charge < -0.3 is 9.47 Å². The molecule has 1 fully saturated rings. The molecule has 0 radical (unpaired) electrons. The molecule has 1 N–H and O–H groups in total. The van der Waals surface area contributed by atoms with Gasteiger partial charge in [-0.15, -0.1) is 0 Å². The van der Waals surface area contributed by atoms with Crippen molar-refractivity contribution in [3.05, 3.63) is 65.2 Å². The second-order valence-electron chi connectivity index (χ2n) is 10.8. The molecule has 1 saturated carbocycles. The van der Waals surface area contributed by atoms with E-state index in [0.29, 0.717) is 24.3 Å². The third-order valence-corrected chi connectivity index (χ3v) is 8.73. The van der Waals surface area contributed by atoms with Crippen molar-refractivity contribution in [3.8, 4) is 11.5 Å². The van der Waals surface area contributed by atoms with Crippen LogP contribution in [0, 0.1) is 5.41 Å². The van der Waals surface area contributed by atoms with Crippen LogP contribution in [0.15, 0.2) is 64.2 Å². The fraction of sp³-hybridized carbons (Fsp3) is 0.455. The van der Waals surface area contributed by atoms with Crippen LogP contribution in [0.4, 0.5) is 0 Å². The summed E-state index contributed by atoms with van der Waals surface area (Å²) in [4.78, 5) is 16.9. The van der Waals surface area contributed by atoms with Crippen molar-refractivity contribution in [1.82, 2.24) is 5.01 Å². The molecule has 0 atom stereocenters. The highest BCUT2D eigenvalue weighted by atomic mass is 32.2. The molecule has 8 heteroatoms. The quantitative estimate of drug-likeness (QED) is 0.193. The maximum Gasteiger partial charge on any atom is 0.283 e. The van der Waals surface area contributed by atoms with Crippen LogP contribution in [-0.4, -0.2) is 40.2 Å². The Morgan fingerprint density at radius 2 is 1.59 bits per heavy atom. The number of carbonyl (C=O) groups is 1. The van der Waals surface area contributed by atoms with Crippen molar-refractivity contribution in [3.63, 3.8) is 0 Å². The fourth-order valence-corrected chi connectivity index (χ4v) is 6.36. The molecular weight excluding hydrogens is 532 g/mol. The van der Waals surface area contributed by atoms with Crippen molar-refractivity contribution in [2.45, 2.75) is 83.5 Å². The van der Waals surface area contributed by atoms with Crippen LogP contribution < -0.4 is 9.47 Å². The molecule has 7 nitrogen and oxygen atoms in total. The lowest BCUT2D eigenvalue weighted by Crippen LogP contribution is -2.35. The van der Waals surface area contributed by atoms with Crippen LogP contribution in [0.3, 0.4) is 0 Å². The molecule has 0 spiro atoms. The first-order valence-electron chi connectivity index (χ1n) is 15.1. The Bertz CT molecular complexity index is 1290. The summed E-state index contributed by atoms with van der Waals surface area (Å²) in [5, 5.41) is 16.1. The Labute approximate surface area is 247 Å². The predicted octanol–water partition coefficient (Wildman–Crippen LogP) is 8.17. The zero-order valence-corrected chi connectivity index (χ0v) is 24.8. The molecule has 2 aromatic carbocycles. The highest BCUT2D eigenvalue weighted by Gasteiger charge is 2.35. The average molecular weight is 573 g/mol. The summed E-state index contributed by atoms with van der Waals surface area (Å²) in [6.07, 6.45) is 15.1. The maximum absolute atomic E-state index is 12.7. The number of amides is 1. The van der Waals surface area contributed by atoms with E-state index in [9.17, 15) is 4.79 Å². The molecule has 0 unspecified atom stereocenters. The van der Waals surface area contributed by atoms with Crippen LogP contribution in [-0.2, 0) is 4.79 Å². The predicted molar refractivity (Wildman–Crippen MR) is 168 cm³/mol. The van der Waals surface area contributed by atoms with E-state index in [1.54, 1.807) is 6.08 Å². The van der Waals surface area contributed by atoms with E-state index in [-0.39, 0.29) is 11.4 Å². The van der Waals surface area contributed by atoms with E-state index in [2.05, 4.69) is 41.3 Å². The van der Waals surface area contributed by atoms with Crippen LogP contribution in [0.25, 0.3) is 6.08 Å². The van der Waals surface area contributed by atoms with Crippen molar-refractivity contribution < 1.29 is 14.3 Å². The van der Waals surface area contributed by atoms with Crippen molar-refractivity contribution >= 4 is 39.8 Å².